The van der Waals surface area contributed by atoms with Gasteiger partial charge in [-0.3, -0.25) is 4.98 Å². The van der Waals surface area contributed by atoms with Crippen LogP contribution < -0.4 is 4.40 Å². The Balaban J connectivity index is 0.000000183. The van der Waals surface area contributed by atoms with Crippen LogP contribution >= 0.6 is 11.3 Å². The number of hydrogen-bond donors (Lipinski definition) is 0. The molecule has 0 amide bonds. The Kier molecular flexibility index (Phi) is 10.7. The minimum absolute atomic E-state index is 0. The van der Waals surface area contributed by atoms with Crippen LogP contribution in [0.4, 0.5) is 0 Å². The fourth-order valence-corrected chi connectivity index (χ4v) is 12.1. The van der Waals surface area contributed by atoms with Crippen molar-refractivity contribution >= 4 is 71.1 Å². The largest absolute Gasteiger partial charge is 0.333 e. The van der Waals surface area contributed by atoms with Gasteiger partial charge < -0.3 is 4.57 Å². The van der Waals surface area contributed by atoms with Gasteiger partial charge in [-0.2, -0.15) is 11.3 Å². The summed E-state index contributed by atoms with van der Waals surface area (Å²) in [7, 11) is 0. The summed E-state index contributed by atoms with van der Waals surface area (Å²) >= 11 is -0.115. The third-order valence-electron chi connectivity index (χ3n) is 10.1. The molecule has 0 aliphatic carbocycles. The number of aryl methyl sites for hydroxylation is 2. The maximum absolute atomic E-state index is 5.09. The zero-order chi connectivity index (χ0) is 37.8. The topological polar surface area (TPSA) is 43.6 Å². The Morgan fingerprint density at radius 3 is 2.16 bits per heavy atom. The van der Waals surface area contributed by atoms with E-state index in [2.05, 4.69) is 165 Å². The molecular weight excluding hydrogens is 929 g/mol. The average Bonchev–Trinajstić information content (AvgIpc) is 3.72. The Bertz CT molecular complexity index is 2820. The van der Waals surface area contributed by atoms with Gasteiger partial charge in [-0.15, -0.1) is 18.2 Å². The van der Waals surface area contributed by atoms with Crippen molar-refractivity contribution in [2.24, 2.45) is 0 Å². The molecule has 55 heavy (non-hydrogen) atoms. The molecule has 9 rings (SSSR count). The van der Waals surface area contributed by atoms with Crippen LogP contribution in [0, 0.1) is 26.0 Å². The van der Waals surface area contributed by atoms with Gasteiger partial charge in [-0.1, -0.05) is 62.1 Å². The second-order valence-electron chi connectivity index (χ2n) is 16.1. The molecule has 0 fully saturated rings. The first kappa shape index (κ1) is 38.8. The van der Waals surface area contributed by atoms with E-state index >= 15 is 0 Å². The summed E-state index contributed by atoms with van der Waals surface area (Å²) in [6, 6.07) is 47.2. The van der Waals surface area contributed by atoms with Crippen molar-refractivity contribution in [3.8, 4) is 28.3 Å². The number of rotatable bonds is 4. The van der Waals surface area contributed by atoms with E-state index in [-0.39, 0.29) is 25.5 Å². The predicted molar refractivity (Wildman–Crippen MR) is 233 cm³/mol. The molecule has 4 heterocycles. The Hall–Kier alpha value is -4.46. The van der Waals surface area contributed by atoms with Gasteiger partial charge in [0.25, 0.3) is 0 Å². The fourth-order valence-electron chi connectivity index (χ4n) is 7.30. The van der Waals surface area contributed by atoms with Gasteiger partial charge in [-0.25, -0.2) is 4.98 Å². The van der Waals surface area contributed by atoms with Crippen LogP contribution in [0.25, 0.3) is 70.4 Å². The van der Waals surface area contributed by atoms with Crippen LogP contribution in [0.3, 0.4) is 0 Å². The van der Waals surface area contributed by atoms with Crippen molar-refractivity contribution in [1.29, 1.82) is 0 Å². The number of nitrogens with zero attached hydrogens (tertiary/aromatic N) is 4. The molecular formula is C48H44GeIrN4S-2. The number of pyridine rings is 2. The zero-order valence-electron chi connectivity index (χ0n) is 32.6. The number of imidazole rings is 1. The van der Waals surface area contributed by atoms with Crippen molar-refractivity contribution in [2.45, 2.75) is 57.3 Å². The van der Waals surface area contributed by atoms with Gasteiger partial charge in [0.15, 0.2) is 0 Å². The third kappa shape index (κ3) is 7.58. The van der Waals surface area contributed by atoms with Crippen LogP contribution in [0.15, 0.2) is 121 Å². The van der Waals surface area contributed by atoms with Crippen molar-refractivity contribution < 1.29 is 20.1 Å². The third-order valence-corrected chi connectivity index (χ3v) is 15.7. The summed E-state index contributed by atoms with van der Waals surface area (Å²) in [5, 5.41) is 4.85. The molecule has 0 saturated heterocycles. The van der Waals surface area contributed by atoms with Crippen LogP contribution in [0.2, 0.25) is 17.3 Å². The second-order valence-corrected chi connectivity index (χ2v) is 27.7. The van der Waals surface area contributed by atoms with Crippen molar-refractivity contribution in [3.63, 3.8) is 0 Å². The molecule has 0 N–H and O–H groups in total. The number of fused-ring (bicyclic) bond motifs is 5. The van der Waals surface area contributed by atoms with E-state index in [9.17, 15) is 0 Å². The van der Waals surface area contributed by atoms with Crippen LogP contribution in [0.5, 0.6) is 0 Å². The quantitative estimate of drug-likeness (QED) is 0.130. The number of aromatic nitrogens is 4. The monoisotopic (exact) mass is 975 g/mol. The average molecular weight is 974 g/mol. The van der Waals surface area contributed by atoms with Crippen LogP contribution in [0.1, 0.15) is 37.6 Å². The number of para-hydroxylation sites is 2. The molecule has 5 aromatic carbocycles. The molecule has 1 radical (unpaired) electrons. The van der Waals surface area contributed by atoms with E-state index in [4.69, 9.17) is 15.0 Å². The fraction of sp³-hybridized carbons (Fsp3) is 0.188. The molecule has 0 unspecified atom stereocenters. The minimum Gasteiger partial charge on any atom is -0.333 e. The number of hydrogen-bond acceptors (Lipinski definition) is 4. The summed E-state index contributed by atoms with van der Waals surface area (Å²) in [5.74, 6) is 8.14. The van der Waals surface area contributed by atoms with E-state index in [1.807, 2.05) is 25.1 Å². The van der Waals surface area contributed by atoms with Crippen LogP contribution in [-0.2, 0) is 25.5 Å². The van der Waals surface area contributed by atoms with Gasteiger partial charge in [-0.05, 0) is 58.3 Å². The summed E-state index contributed by atoms with van der Waals surface area (Å²) in [6.07, 6.45) is 2.10. The molecule has 9 aromatic rings. The number of benzene rings is 5. The van der Waals surface area contributed by atoms with Gasteiger partial charge in [0.05, 0.1) is 16.9 Å². The molecule has 4 nitrogen and oxygen atoms in total. The maximum atomic E-state index is 5.09. The van der Waals surface area contributed by atoms with E-state index in [1.165, 1.54) is 41.8 Å². The Morgan fingerprint density at radius 2 is 1.42 bits per heavy atom. The first-order chi connectivity index (χ1) is 25.9. The van der Waals surface area contributed by atoms with E-state index in [0.29, 0.717) is 0 Å². The molecule has 277 valence electrons. The zero-order valence-corrected chi connectivity index (χ0v) is 37.9. The molecule has 0 aliphatic rings. The molecule has 7 heteroatoms. The van der Waals surface area contributed by atoms with Crippen molar-refractivity contribution in [3.05, 3.63) is 150 Å². The van der Waals surface area contributed by atoms with E-state index in [0.717, 1.165) is 49.9 Å². The normalized spacial score (nSPS) is 11.9. The smallest absolute Gasteiger partial charge is 0.113 e. The summed E-state index contributed by atoms with van der Waals surface area (Å²) in [5.41, 5.74) is 10.2. The van der Waals surface area contributed by atoms with Gasteiger partial charge in [0, 0.05) is 31.5 Å². The van der Waals surface area contributed by atoms with Gasteiger partial charge in [0.1, 0.15) is 4.83 Å². The van der Waals surface area contributed by atoms with E-state index in [1.54, 1.807) is 11.3 Å². The molecule has 0 saturated carbocycles. The summed E-state index contributed by atoms with van der Waals surface area (Å²) in [6.45, 7) is 11.0. The van der Waals surface area contributed by atoms with Crippen molar-refractivity contribution in [2.75, 3.05) is 0 Å². The van der Waals surface area contributed by atoms with Gasteiger partial charge in [0.2, 0.25) is 0 Å². The van der Waals surface area contributed by atoms with Crippen molar-refractivity contribution in [1.82, 2.24) is 19.5 Å². The molecule has 4 aromatic heterocycles. The Morgan fingerprint density at radius 1 is 0.709 bits per heavy atom. The first-order valence-corrected chi connectivity index (χ1v) is 26.7. The molecule has 0 spiro atoms. The summed E-state index contributed by atoms with van der Waals surface area (Å²) < 4.78 is 4.92. The SMILES string of the molecule is Cc1cc(-c2[c-]ccc3ccccc23)nc[c]1[Ge]([CH3])([CH3])[CH3].Cc1ccc2c(n1)sc1c(-c3nc4ccccc4n3-c3ccc(C(C)(C)C)cc3)[c-]ccc12.[Ir]. The molecule has 0 aliphatic heterocycles. The maximum Gasteiger partial charge on any atom is 0.113 e. The molecule has 0 bridgehead atoms. The van der Waals surface area contributed by atoms with Gasteiger partial charge >= 0.3 is 129 Å². The second kappa shape index (κ2) is 15.2. The minimum atomic E-state index is -1.84. The predicted octanol–water partition coefficient (Wildman–Crippen LogP) is 12.4. The van der Waals surface area contributed by atoms with Crippen LogP contribution in [-0.4, -0.2) is 32.8 Å². The van der Waals surface area contributed by atoms with E-state index < -0.39 is 13.3 Å². The number of thiophene rings is 1. The standard InChI is InChI=1S/C29H24N3S.C19H20GeN.Ir/c1-18-12-17-22-21-8-7-9-23(26(21)33-28(22)30-18)27-31-24-10-5-6-11-25(24)32(27)20-15-13-19(14-16-20)29(2,3)4;1-14-12-19(21-13-18(14)20(2,3)4)17-11-7-9-15-8-5-6-10-16(15)17;/h5-8,10-17H,1-4H3;5-10,12-13H,1-4H3;/q2*-1;. The molecule has 0 atom stereocenters. The first-order valence-electron chi connectivity index (χ1n) is 18.5. The summed E-state index contributed by atoms with van der Waals surface area (Å²) in [4.78, 5) is 15.7. The Labute approximate surface area is 344 Å².